The van der Waals surface area contributed by atoms with Crippen molar-refractivity contribution in [1.82, 2.24) is 4.98 Å². The smallest absolute Gasteiger partial charge is 0.155 e. The maximum Gasteiger partial charge on any atom is 0.155 e. The van der Waals surface area contributed by atoms with E-state index in [9.17, 15) is 4.79 Å². The molecule has 15 heavy (non-hydrogen) atoms. The van der Waals surface area contributed by atoms with E-state index in [0.717, 1.165) is 22.8 Å². The number of ether oxygens (including phenoxy) is 1. The molecule has 0 radical (unpaired) electrons. The number of fused-ring (bicyclic) bond motifs is 1. The van der Waals surface area contributed by atoms with Gasteiger partial charge in [-0.05, 0) is 19.1 Å². The summed E-state index contributed by atoms with van der Waals surface area (Å²) in [7, 11) is 1.56. The normalized spacial score (nSPS) is 10.3. The highest BCUT2D eigenvalue weighted by atomic mass is 16.5. The van der Waals surface area contributed by atoms with Gasteiger partial charge in [-0.3, -0.25) is 9.78 Å². The Morgan fingerprint density at radius 1 is 1.40 bits per heavy atom. The molecule has 1 aromatic heterocycles. The summed E-state index contributed by atoms with van der Waals surface area (Å²) in [5, 5.41) is 0.877. The SMILES string of the molecule is COc1c(C=O)cnc2ccc(C)cc12. The number of hydrogen-bond donors (Lipinski definition) is 0. The third-order valence-electron chi connectivity index (χ3n) is 2.33. The fourth-order valence-electron chi connectivity index (χ4n) is 1.61. The van der Waals surface area contributed by atoms with Crippen molar-refractivity contribution in [2.75, 3.05) is 7.11 Å². The van der Waals surface area contributed by atoms with Crippen molar-refractivity contribution >= 4 is 17.2 Å². The molecule has 0 aliphatic heterocycles. The van der Waals surface area contributed by atoms with E-state index in [1.165, 1.54) is 6.20 Å². The number of carbonyl (C=O) groups excluding carboxylic acids is 1. The van der Waals surface area contributed by atoms with Crippen LogP contribution in [-0.2, 0) is 0 Å². The first kappa shape index (κ1) is 9.65. The minimum atomic E-state index is 0.482. The first-order valence-corrected chi connectivity index (χ1v) is 4.65. The zero-order chi connectivity index (χ0) is 10.8. The average molecular weight is 201 g/mol. The summed E-state index contributed by atoms with van der Waals surface area (Å²) < 4.78 is 5.23. The fourth-order valence-corrected chi connectivity index (χ4v) is 1.61. The number of carbonyl (C=O) groups is 1. The van der Waals surface area contributed by atoms with Gasteiger partial charge in [-0.2, -0.15) is 0 Å². The van der Waals surface area contributed by atoms with Crippen LogP contribution in [0, 0.1) is 6.92 Å². The van der Waals surface area contributed by atoms with E-state index in [1.54, 1.807) is 7.11 Å². The summed E-state index contributed by atoms with van der Waals surface area (Å²) >= 11 is 0. The van der Waals surface area contributed by atoms with E-state index in [-0.39, 0.29) is 0 Å². The molecular formula is C12H11NO2. The molecule has 0 spiro atoms. The molecule has 0 N–H and O–H groups in total. The molecule has 3 nitrogen and oxygen atoms in total. The lowest BCUT2D eigenvalue weighted by atomic mass is 10.1. The van der Waals surface area contributed by atoms with Gasteiger partial charge in [0.2, 0.25) is 0 Å². The maximum absolute atomic E-state index is 10.8. The van der Waals surface area contributed by atoms with Crippen molar-refractivity contribution in [2.24, 2.45) is 0 Å². The molecular weight excluding hydrogens is 190 g/mol. The molecule has 1 aromatic carbocycles. The molecule has 0 saturated heterocycles. The Labute approximate surface area is 87.7 Å². The first-order chi connectivity index (χ1) is 7.26. The molecule has 0 amide bonds. The Balaban J connectivity index is 2.84. The van der Waals surface area contributed by atoms with E-state index in [4.69, 9.17) is 4.74 Å². The predicted octanol–water partition coefficient (Wildman–Crippen LogP) is 2.36. The van der Waals surface area contributed by atoms with Crippen molar-refractivity contribution in [3.8, 4) is 5.75 Å². The van der Waals surface area contributed by atoms with E-state index < -0.39 is 0 Å². The van der Waals surface area contributed by atoms with Crippen molar-refractivity contribution in [3.63, 3.8) is 0 Å². The van der Waals surface area contributed by atoms with Gasteiger partial charge in [0, 0.05) is 11.6 Å². The second-order valence-electron chi connectivity index (χ2n) is 3.39. The van der Waals surface area contributed by atoms with Crippen LogP contribution in [-0.4, -0.2) is 18.4 Å². The molecule has 1 heterocycles. The van der Waals surface area contributed by atoms with Crippen LogP contribution in [0.2, 0.25) is 0 Å². The highest BCUT2D eigenvalue weighted by molar-refractivity contribution is 5.93. The van der Waals surface area contributed by atoms with Gasteiger partial charge in [0.05, 0.1) is 18.2 Å². The summed E-state index contributed by atoms with van der Waals surface area (Å²) in [6.45, 7) is 1.99. The second-order valence-corrected chi connectivity index (χ2v) is 3.39. The van der Waals surface area contributed by atoms with Gasteiger partial charge in [-0.15, -0.1) is 0 Å². The predicted molar refractivity (Wildman–Crippen MR) is 58.4 cm³/mol. The number of pyridine rings is 1. The van der Waals surface area contributed by atoms with E-state index in [2.05, 4.69) is 4.98 Å². The van der Waals surface area contributed by atoms with E-state index in [1.807, 2.05) is 25.1 Å². The Kier molecular flexibility index (Phi) is 2.37. The Hall–Kier alpha value is -1.90. The molecule has 0 aliphatic carbocycles. The highest BCUT2D eigenvalue weighted by Crippen LogP contribution is 2.27. The second kappa shape index (κ2) is 3.69. The standard InChI is InChI=1S/C12H11NO2/c1-8-3-4-11-10(5-8)12(15-2)9(7-14)6-13-11/h3-7H,1-2H3. The Bertz CT molecular complexity index is 520. The van der Waals surface area contributed by atoms with Gasteiger partial charge in [0.25, 0.3) is 0 Å². The van der Waals surface area contributed by atoms with E-state index in [0.29, 0.717) is 11.3 Å². The van der Waals surface area contributed by atoms with Gasteiger partial charge in [0.15, 0.2) is 6.29 Å². The van der Waals surface area contributed by atoms with Crippen LogP contribution in [0.15, 0.2) is 24.4 Å². The highest BCUT2D eigenvalue weighted by Gasteiger charge is 2.08. The Morgan fingerprint density at radius 3 is 2.87 bits per heavy atom. The van der Waals surface area contributed by atoms with Crippen LogP contribution in [0.5, 0.6) is 5.75 Å². The average Bonchev–Trinajstić information content (AvgIpc) is 2.27. The Morgan fingerprint density at radius 2 is 2.20 bits per heavy atom. The number of hydrogen-bond acceptors (Lipinski definition) is 3. The lowest BCUT2D eigenvalue weighted by Gasteiger charge is -2.07. The molecule has 0 atom stereocenters. The summed E-state index contributed by atoms with van der Waals surface area (Å²) in [6.07, 6.45) is 2.29. The number of benzene rings is 1. The molecule has 0 fully saturated rings. The van der Waals surface area contributed by atoms with Crippen molar-refractivity contribution in [2.45, 2.75) is 6.92 Å². The van der Waals surface area contributed by atoms with E-state index >= 15 is 0 Å². The van der Waals surface area contributed by atoms with Gasteiger partial charge >= 0.3 is 0 Å². The maximum atomic E-state index is 10.8. The third kappa shape index (κ3) is 1.56. The van der Waals surface area contributed by atoms with Crippen LogP contribution in [0.4, 0.5) is 0 Å². The largest absolute Gasteiger partial charge is 0.495 e. The van der Waals surface area contributed by atoms with Crippen molar-refractivity contribution < 1.29 is 9.53 Å². The van der Waals surface area contributed by atoms with Crippen LogP contribution < -0.4 is 4.74 Å². The molecule has 2 aromatic rings. The quantitative estimate of drug-likeness (QED) is 0.700. The summed E-state index contributed by atoms with van der Waals surface area (Å²) in [5.74, 6) is 0.596. The van der Waals surface area contributed by atoms with Crippen LogP contribution >= 0.6 is 0 Å². The van der Waals surface area contributed by atoms with Crippen LogP contribution in [0.3, 0.4) is 0 Å². The molecule has 76 valence electrons. The number of rotatable bonds is 2. The lowest BCUT2D eigenvalue weighted by molar-refractivity contribution is 0.112. The fraction of sp³-hybridized carbons (Fsp3) is 0.167. The first-order valence-electron chi connectivity index (χ1n) is 4.65. The number of methoxy groups -OCH3 is 1. The topological polar surface area (TPSA) is 39.2 Å². The molecule has 0 bridgehead atoms. The summed E-state index contributed by atoms with van der Waals surface area (Å²) in [5.41, 5.74) is 2.43. The number of aromatic nitrogens is 1. The number of aryl methyl sites for hydroxylation is 1. The van der Waals surface area contributed by atoms with Gasteiger partial charge in [0.1, 0.15) is 5.75 Å². The van der Waals surface area contributed by atoms with Gasteiger partial charge in [-0.1, -0.05) is 11.6 Å². The molecule has 0 saturated carbocycles. The third-order valence-corrected chi connectivity index (χ3v) is 2.33. The molecule has 2 rings (SSSR count). The zero-order valence-corrected chi connectivity index (χ0v) is 8.65. The van der Waals surface area contributed by atoms with Crippen molar-refractivity contribution in [3.05, 3.63) is 35.5 Å². The minimum absolute atomic E-state index is 0.482. The van der Waals surface area contributed by atoms with Gasteiger partial charge < -0.3 is 4.74 Å². The minimum Gasteiger partial charge on any atom is -0.495 e. The summed E-state index contributed by atoms with van der Waals surface area (Å²) in [6, 6.07) is 5.87. The number of nitrogens with zero attached hydrogens (tertiary/aromatic N) is 1. The monoisotopic (exact) mass is 201 g/mol. The number of aldehydes is 1. The molecule has 0 unspecified atom stereocenters. The van der Waals surface area contributed by atoms with Crippen LogP contribution in [0.1, 0.15) is 15.9 Å². The molecule has 0 aliphatic rings. The zero-order valence-electron chi connectivity index (χ0n) is 8.65. The summed E-state index contributed by atoms with van der Waals surface area (Å²) in [4.78, 5) is 15.0. The van der Waals surface area contributed by atoms with Crippen molar-refractivity contribution in [1.29, 1.82) is 0 Å². The lowest BCUT2D eigenvalue weighted by Crippen LogP contribution is -1.94. The van der Waals surface area contributed by atoms with Gasteiger partial charge in [-0.25, -0.2) is 0 Å². The van der Waals surface area contributed by atoms with Crippen LogP contribution in [0.25, 0.3) is 10.9 Å². The molecule has 3 heteroatoms.